The van der Waals surface area contributed by atoms with E-state index in [0.29, 0.717) is 24.8 Å². The van der Waals surface area contributed by atoms with E-state index in [1.807, 2.05) is 12.1 Å². The van der Waals surface area contributed by atoms with Gasteiger partial charge in [-0.05, 0) is 36.8 Å². The van der Waals surface area contributed by atoms with Crippen LogP contribution in [-0.2, 0) is 24.1 Å². The number of esters is 1. The molecule has 4 nitrogen and oxygen atoms in total. The second kappa shape index (κ2) is 5.85. The highest BCUT2D eigenvalue weighted by Crippen LogP contribution is 2.27. The molecule has 1 aromatic heterocycles. The van der Waals surface area contributed by atoms with Gasteiger partial charge < -0.3 is 4.74 Å². The maximum atomic E-state index is 12.0. The van der Waals surface area contributed by atoms with Crippen molar-refractivity contribution in [2.75, 3.05) is 6.61 Å². The summed E-state index contributed by atoms with van der Waals surface area (Å²) in [6.45, 7) is 2.66. The van der Waals surface area contributed by atoms with E-state index in [9.17, 15) is 9.59 Å². The van der Waals surface area contributed by atoms with Gasteiger partial charge in [-0.25, -0.2) is 4.79 Å². The Balaban J connectivity index is 1.79. The fraction of sp³-hybridized carbons (Fsp3) is 0.375. The molecule has 0 aliphatic heterocycles. The van der Waals surface area contributed by atoms with Gasteiger partial charge in [-0.1, -0.05) is 35.6 Å². The number of nitrogens with zero attached hydrogens (tertiary/aromatic N) is 1. The summed E-state index contributed by atoms with van der Waals surface area (Å²) in [5.74, 6) is -0.0470. The van der Waals surface area contributed by atoms with Crippen LogP contribution in [0, 0.1) is 5.92 Å². The summed E-state index contributed by atoms with van der Waals surface area (Å²) in [6.07, 6.45) is 1.92. The van der Waals surface area contributed by atoms with Crippen LogP contribution in [-0.4, -0.2) is 17.1 Å². The Morgan fingerprint density at radius 2 is 2.00 bits per heavy atom. The molecule has 0 fully saturated rings. The first-order chi connectivity index (χ1) is 10.2. The maximum Gasteiger partial charge on any atom is 0.355 e. The van der Waals surface area contributed by atoms with Gasteiger partial charge in [-0.3, -0.25) is 9.36 Å². The van der Waals surface area contributed by atoms with Crippen molar-refractivity contribution in [3.63, 3.8) is 0 Å². The monoisotopic (exact) mass is 303 g/mol. The van der Waals surface area contributed by atoms with Crippen molar-refractivity contribution in [3.05, 3.63) is 56.1 Å². The maximum absolute atomic E-state index is 12.0. The quantitative estimate of drug-likeness (QED) is 0.815. The van der Waals surface area contributed by atoms with Crippen molar-refractivity contribution in [3.8, 4) is 0 Å². The van der Waals surface area contributed by atoms with Crippen molar-refractivity contribution in [1.29, 1.82) is 0 Å². The van der Waals surface area contributed by atoms with Crippen LogP contribution >= 0.6 is 11.3 Å². The lowest BCUT2D eigenvalue weighted by atomic mass is 10.1. The Hall–Kier alpha value is -1.88. The minimum atomic E-state index is -0.411. The third kappa shape index (κ3) is 2.78. The second-order valence-corrected chi connectivity index (χ2v) is 6.08. The second-order valence-electron chi connectivity index (χ2n) is 5.26. The summed E-state index contributed by atoms with van der Waals surface area (Å²) < 4.78 is 6.58. The fourth-order valence-electron chi connectivity index (χ4n) is 2.91. The van der Waals surface area contributed by atoms with E-state index in [1.54, 1.807) is 16.9 Å². The van der Waals surface area contributed by atoms with Gasteiger partial charge >= 0.3 is 10.8 Å². The Bertz CT molecular complexity index is 691. The lowest BCUT2D eigenvalue weighted by molar-refractivity contribution is 0.0512. The zero-order valence-electron chi connectivity index (χ0n) is 11.9. The summed E-state index contributed by atoms with van der Waals surface area (Å²) in [4.78, 5) is 23.8. The average Bonchev–Trinajstić information content (AvgIpc) is 3.03. The molecule has 0 radical (unpaired) electrons. The first kappa shape index (κ1) is 14.1. The minimum Gasteiger partial charge on any atom is -0.461 e. The van der Waals surface area contributed by atoms with E-state index < -0.39 is 5.97 Å². The van der Waals surface area contributed by atoms with Gasteiger partial charge in [0, 0.05) is 11.9 Å². The van der Waals surface area contributed by atoms with Crippen LogP contribution in [0.1, 0.15) is 28.5 Å². The highest BCUT2D eigenvalue weighted by molar-refractivity contribution is 7.07. The number of benzene rings is 1. The molecular formula is C16H17NO3S. The minimum absolute atomic E-state index is 0.0889. The van der Waals surface area contributed by atoms with Gasteiger partial charge in [0.2, 0.25) is 0 Å². The zero-order chi connectivity index (χ0) is 14.8. The van der Waals surface area contributed by atoms with E-state index in [0.717, 1.165) is 24.2 Å². The molecule has 0 atom stereocenters. The van der Waals surface area contributed by atoms with Gasteiger partial charge in [-0.2, -0.15) is 0 Å². The van der Waals surface area contributed by atoms with Crippen molar-refractivity contribution >= 4 is 17.3 Å². The largest absolute Gasteiger partial charge is 0.461 e. The number of thiazole rings is 1. The molecule has 0 spiro atoms. The summed E-state index contributed by atoms with van der Waals surface area (Å²) >= 11 is 1.06. The van der Waals surface area contributed by atoms with Crippen LogP contribution in [0.15, 0.2) is 34.4 Å². The van der Waals surface area contributed by atoms with Crippen LogP contribution in [0.2, 0.25) is 0 Å². The van der Waals surface area contributed by atoms with E-state index in [2.05, 4.69) is 12.1 Å². The standard InChI is InChI=1S/C16H17NO3S/c1-2-20-15(18)14-10-21-16(19)17(14)9-11-7-12-5-3-4-6-13(12)8-11/h3-6,10-11H,2,7-9H2,1H3. The number of carbonyl (C=O) groups excluding carboxylic acids is 1. The fourth-order valence-corrected chi connectivity index (χ4v) is 3.64. The Labute approximate surface area is 127 Å². The molecule has 1 aromatic carbocycles. The Kier molecular flexibility index (Phi) is 3.92. The van der Waals surface area contributed by atoms with Crippen LogP contribution < -0.4 is 4.87 Å². The molecule has 3 rings (SSSR count). The highest BCUT2D eigenvalue weighted by Gasteiger charge is 2.24. The van der Waals surface area contributed by atoms with Crippen LogP contribution in [0.25, 0.3) is 0 Å². The lowest BCUT2D eigenvalue weighted by Crippen LogP contribution is -2.24. The zero-order valence-corrected chi connectivity index (χ0v) is 12.7. The number of carbonyl (C=O) groups is 1. The van der Waals surface area contributed by atoms with Gasteiger partial charge in [-0.15, -0.1) is 0 Å². The molecule has 2 aromatic rings. The van der Waals surface area contributed by atoms with Crippen molar-refractivity contribution in [1.82, 2.24) is 4.57 Å². The highest BCUT2D eigenvalue weighted by atomic mass is 32.1. The first-order valence-electron chi connectivity index (χ1n) is 7.11. The summed E-state index contributed by atoms with van der Waals surface area (Å²) in [5, 5.41) is 1.60. The van der Waals surface area contributed by atoms with E-state index in [4.69, 9.17) is 4.74 Å². The number of hydrogen-bond acceptors (Lipinski definition) is 4. The SMILES string of the molecule is CCOC(=O)c1csc(=O)n1CC1Cc2ccccc2C1. The van der Waals surface area contributed by atoms with Gasteiger partial charge in [0.25, 0.3) is 0 Å². The molecule has 5 heteroatoms. The van der Waals surface area contributed by atoms with E-state index in [-0.39, 0.29) is 4.87 Å². The van der Waals surface area contributed by atoms with Gasteiger partial charge in [0.15, 0.2) is 0 Å². The molecule has 21 heavy (non-hydrogen) atoms. The van der Waals surface area contributed by atoms with Crippen molar-refractivity contribution in [2.24, 2.45) is 5.92 Å². The molecule has 0 bridgehead atoms. The third-order valence-electron chi connectivity index (χ3n) is 3.84. The molecule has 110 valence electrons. The number of rotatable bonds is 4. The molecule has 0 saturated carbocycles. The third-order valence-corrected chi connectivity index (χ3v) is 4.61. The predicted octanol–water partition coefficient (Wildman–Crippen LogP) is 2.50. The van der Waals surface area contributed by atoms with Gasteiger partial charge in [0.1, 0.15) is 5.69 Å². The molecule has 0 unspecified atom stereocenters. The molecule has 0 amide bonds. The number of fused-ring (bicyclic) bond motifs is 1. The number of aromatic nitrogens is 1. The molecule has 1 aliphatic rings. The van der Waals surface area contributed by atoms with Crippen LogP contribution in [0.5, 0.6) is 0 Å². The number of hydrogen-bond donors (Lipinski definition) is 0. The Morgan fingerprint density at radius 3 is 2.62 bits per heavy atom. The molecule has 1 aliphatic carbocycles. The predicted molar refractivity (Wildman–Crippen MR) is 81.9 cm³/mol. The molecular weight excluding hydrogens is 286 g/mol. The van der Waals surface area contributed by atoms with Gasteiger partial charge in [0.05, 0.1) is 6.61 Å². The average molecular weight is 303 g/mol. The normalized spacial score (nSPS) is 14.1. The first-order valence-corrected chi connectivity index (χ1v) is 7.99. The van der Waals surface area contributed by atoms with Crippen molar-refractivity contribution in [2.45, 2.75) is 26.3 Å². The topological polar surface area (TPSA) is 48.3 Å². The van der Waals surface area contributed by atoms with E-state index in [1.165, 1.54) is 11.1 Å². The summed E-state index contributed by atoms with van der Waals surface area (Å²) in [7, 11) is 0. The molecule has 1 heterocycles. The Morgan fingerprint density at radius 1 is 1.33 bits per heavy atom. The van der Waals surface area contributed by atoms with Crippen molar-refractivity contribution < 1.29 is 9.53 Å². The summed E-state index contributed by atoms with van der Waals surface area (Å²) in [5.41, 5.74) is 3.08. The van der Waals surface area contributed by atoms with Crippen LogP contribution in [0.4, 0.5) is 0 Å². The lowest BCUT2D eigenvalue weighted by Gasteiger charge is -2.12. The number of ether oxygens (including phenoxy) is 1. The molecule has 0 saturated heterocycles. The summed E-state index contributed by atoms with van der Waals surface area (Å²) in [6, 6.07) is 8.36. The smallest absolute Gasteiger partial charge is 0.355 e. The van der Waals surface area contributed by atoms with Crippen LogP contribution in [0.3, 0.4) is 0 Å². The van der Waals surface area contributed by atoms with E-state index >= 15 is 0 Å². The molecule has 0 N–H and O–H groups in total.